The number of benzene rings is 1. The van der Waals surface area contributed by atoms with Crippen molar-refractivity contribution < 1.29 is 9.26 Å². The molecule has 0 saturated carbocycles. The largest absolute Gasteiger partial charge is 0.374 e. The molecule has 0 atom stereocenters. The number of guanidine groups is 1. The second kappa shape index (κ2) is 12.9. The van der Waals surface area contributed by atoms with Gasteiger partial charge in [0.05, 0.1) is 24.9 Å². The molecule has 0 spiro atoms. The van der Waals surface area contributed by atoms with Crippen LogP contribution in [0, 0.1) is 0 Å². The van der Waals surface area contributed by atoms with E-state index in [1.165, 1.54) is 11.1 Å². The molecule has 7 nitrogen and oxygen atoms in total. The highest BCUT2D eigenvalue weighted by molar-refractivity contribution is 14.0. The van der Waals surface area contributed by atoms with E-state index in [9.17, 15) is 0 Å². The molecule has 0 bridgehead atoms. The van der Waals surface area contributed by atoms with Gasteiger partial charge in [0.25, 0.3) is 0 Å². The number of hydrogen-bond donors (Lipinski definition) is 1. The molecule has 166 valence electrons. The number of nitrogens with one attached hydrogen (secondary N) is 1. The van der Waals surface area contributed by atoms with Crippen molar-refractivity contribution in [2.75, 3.05) is 32.7 Å². The van der Waals surface area contributed by atoms with Crippen molar-refractivity contribution in [2.24, 2.45) is 4.99 Å². The Labute approximate surface area is 196 Å². The summed E-state index contributed by atoms with van der Waals surface area (Å²) in [5, 5.41) is 7.45. The van der Waals surface area contributed by atoms with Gasteiger partial charge >= 0.3 is 0 Å². The highest BCUT2D eigenvalue weighted by atomic mass is 127. The predicted octanol–water partition coefficient (Wildman–Crippen LogP) is 3.50. The molecule has 0 radical (unpaired) electrons. The lowest BCUT2D eigenvalue weighted by Gasteiger charge is -2.36. The van der Waals surface area contributed by atoms with Crippen LogP contribution >= 0.6 is 24.0 Å². The lowest BCUT2D eigenvalue weighted by Crippen LogP contribution is -2.52. The summed E-state index contributed by atoms with van der Waals surface area (Å²) in [7, 11) is 0. The maximum atomic E-state index is 5.72. The van der Waals surface area contributed by atoms with E-state index in [0.29, 0.717) is 13.2 Å². The van der Waals surface area contributed by atoms with Crippen LogP contribution in [0.15, 0.2) is 46.1 Å². The minimum Gasteiger partial charge on any atom is -0.374 e. The number of aromatic nitrogens is 1. The minimum absolute atomic E-state index is 0. The Kier molecular flexibility index (Phi) is 10.6. The molecule has 0 aliphatic carbocycles. The highest BCUT2D eigenvalue weighted by Gasteiger charge is 2.20. The molecule has 3 rings (SSSR count). The summed E-state index contributed by atoms with van der Waals surface area (Å²) in [6, 6.07) is 10.4. The highest BCUT2D eigenvalue weighted by Crippen LogP contribution is 2.11. The maximum absolute atomic E-state index is 5.72. The second-order valence-corrected chi connectivity index (χ2v) is 7.60. The Balaban J connectivity index is 0.00000320. The third-order valence-electron chi connectivity index (χ3n) is 4.87. The van der Waals surface area contributed by atoms with Gasteiger partial charge in [0.2, 0.25) is 0 Å². The molecule has 1 aliphatic heterocycles. The summed E-state index contributed by atoms with van der Waals surface area (Å²) >= 11 is 0. The zero-order valence-corrected chi connectivity index (χ0v) is 20.5. The number of halogens is 1. The van der Waals surface area contributed by atoms with Crippen molar-refractivity contribution in [3.05, 3.63) is 53.4 Å². The fourth-order valence-electron chi connectivity index (χ4n) is 3.34. The summed E-state index contributed by atoms with van der Waals surface area (Å²) < 4.78 is 10.7. The van der Waals surface area contributed by atoms with Gasteiger partial charge in [-0.1, -0.05) is 29.4 Å². The molecule has 2 heterocycles. The van der Waals surface area contributed by atoms with Gasteiger partial charge in [-0.25, -0.2) is 4.99 Å². The fourth-order valence-corrected chi connectivity index (χ4v) is 3.34. The molecular formula is C22H34IN5O2. The molecule has 8 heteroatoms. The third kappa shape index (κ3) is 7.88. The van der Waals surface area contributed by atoms with Crippen LogP contribution in [0.2, 0.25) is 0 Å². The van der Waals surface area contributed by atoms with E-state index in [2.05, 4.69) is 65.3 Å². The number of aliphatic imine (C=N–C) groups is 1. The van der Waals surface area contributed by atoms with Crippen molar-refractivity contribution in [2.45, 2.75) is 46.6 Å². The summed E-state index contributed by atoms with van der Waals surface area (Å²) in [5.41, 5.74) is 3.38. The number of ether oxygens (including phenoxy) is 1. The van der Waals surface area contributed by atoms with Gasteiger partial charge < -0.3 is 19.5 Å². The monoisotopic (exact) mass is 527 g/mol. The number of nitrogens with zero attached hydrogens (tertiary/aromatic N) is 4. The van der Waals surface area contributed by atoms with Crippen molar-refractivity contribution in [1.82, 2.24) is 20.3 Å². The van der Waals surface area contributed by atoms with E-state index >= 15 is 0 Å². The Bertz CT molecular complexity index is 759. The van der Waals surface area contributed by atoms with Crippen molar-refractivity contribution >= 4 is 29.9 Å². The van der Waals surface area contributed by atoms with Crippen LogP contribution in [-0.2, 0) is 24.4 Å². The molecule has 1 N–H and O–H groups in total. The molecular weight excluding hydrogens is 493 g/mol. The van der Waals surface area contributed by atoms with Crippen LogP contribution in [0.5, 0.6) is 0 Å². The Morgan fingerprint density at radius 2 is 1.97 bits per heavy atom. The Morgan fingerprint density at radius 1 is 1.20 bits per heavy atom. The second-order valence-electron chi connectivity index (χ2n) is 7.60. The molecule has 1 saturated heterocycles. The lowest BCUT2D eigenvalue weighted by molar-refractivity contribution is 0.0657. The number of piperazine rings is 1. The zero-order chi connectivity index (χ0) is 20.5. The van der Waals surface area contributed by atoms with Crippen molar-refractivity contribution in [1.29, 1.82) is 0 Å². The van der Waals surface area contributed by atoms with E-state index < -0.39 is 0 Å². The minimum atomic E-state index is 0. The Hall–Kier alpha value is -1.65. The fraction of sp³-hybridized carbons (Fsp3) is 0.545. The SMILES string of the molecule is CCNC(=NCc1cccc(COC(C)C)c1)N1CCN(Cc2ccon2)CC1.I. The van der Waals surface area contributed by atoms with Crippen LogP contribution < -0.4 is 5.32 Å². The molecule has 1 fully saturated rings. The molecule has 1 aliphatic rings. The summed E-state index contributed by atoms with van der Waals surface area (Å²) in [4.78, 5) is 9.63. The molecule has 1 aromatic carbocycles. The van der Waals surface area contributed by atoms with Gasteiger partial charge in [-0.05, 0) is 31.9 Å². The van der Waals surface area contributed by atoms with Gasteiger partial charge in [0, 0.05) is 45.3 Å². The summed E-state index contributed by atoms with van der Waals surface area (Å²) in [5.74, 6) is 0.984. The quantitative estimate of drug-likeness (QED) is 0.322. The smallest absolute Gasteiger partial charge is 0.194 e. The third-order valence-corrected chi connectivity index (χ3v) is 4.87. The van der Waals surface area contributed by atoms with Crippen LogP contribution in [-0.4, -0.2) is 59.7 Å². The first-order valence-corrected chi connectivity index (χ1v) is 10.5. The average Bonchev–Trinajstić information content (AvgIpc) is 3.24. The van der Waals surface area contributed by atoms with E-state index in [1.54, 1.807) is 6.26 Å². The first-order valence-electron chi connectivity index (χ1n) is 10.5. The number of rotatable bonds is 8. The van der Waals surface area contributed by atoms with E-state index in [4.69, 9.17) is 14.3 Å². The first kappa shape index (κ1) is 24.6. The predicted molar refractivity (Wildman–Crippen MR) is 130 cm³/mol. The van der Waals surface area contributed by atoms with Gasteiger partial charge in [0.15, 0.2) is 5.96 Å². The normalized spacial score (nSPS) is 15.3. The van der Waals surface area contributed by atoms with E-state index in [1.807, 2.05) is 6.07 Å². The van der Waals surface area contributed by atoms with Gasteiger partial charge in [-0.3, -0.25) is 4.90 Å². The van der Waals surface area contributed by atoms with Crippen LogP contribution in [0.3, 0.4) is 0 Å². The molecule has 1 aromatic heterocycles. The zero-order valence-electron chi connectivity index (χ0n) is 18.2. The van der Waals surface area contributed by atoms with Gasteiger partial charge in [-0.2, -0.15) is 0 Å². The van der Waals surface area contributed by atoms with Crippen molar-refractivity contribution in [3.63, 3.8) is 0 Å². The molecule has 2 aromatic rings. The topological polar surface area (TPSA) is 66.1 Å². The van der Waals surface area contributed by atoms with Crippen LogP contribution in [0.25, 0.3) is 0 Å². The van der Waals surface area contributed by atoms with Crippen molar-refractivity contribution in [3.8, 4) is 0 Å². The lowest BCUT2D eigenvalue weighted by atomic mass is 10.1. The molecule has 30 heavy (non-hydrogen) atoms. The van der Waals surface area contributed by atoms with Crippen LogP contribution in [0.4, 0.5) is 0 Å². The van der Waals surface area contributed by atoms with Gasteiger partial charge in [0.1, 0.15) is 6.26 Å². The van der Waals surface area contributed by atoms with E-state index in [-0.39, 0.29) is 30.1 Å². The van der Waals surface area contributed by atoms with Gasteiger partial charge in [-0.15, -0.1) is 24.0 Å². The maximum Gasteiger partial charge on any atom is 0.194 e. The molecule has 0 amide bonds. The van der Waals surface area contributed by atoms with E-state index in [0.717, 1.165) is 50.9 Å². The summed E-state index contributed by atoms with van der Waals surface area (Å²) in [6.07, 6.45) is 1.87. The molecule has 0 unspecified atom stereocenters. The first-order chi connectivity index (χ1) is 14.1. The average molecular weight is 527 g/mol. The number of hydrogen-bond acceptors (Lipinski definition) is 5. The summed E-state index contributed by atoms with van der Waals surface area (Å²) in [6.45, 7) is 13.1. The Morgan fingerprint density at radius 3 is 2.63 bits per heavy atom. The standard InChI is InChI=1S/C22H33N5O2.HI/c1-4-23-22(24-15-19-6-5-7-20(14-19)17-28-18(2)3)27-11-9-26(10-12-27)16-21-8-13-29-25-21;/h5-8,13-14,18H,4,9-12,15-17H2,1-3H3,(H,23,24);1H. The van der Waals surface area contributed by atoms with Crippen LogP contribution in [0.1, 0.15) is 37.6 Å².